The summed E-state index contributed by atoms with van der Waals surface area (Å²) in [6, 6.07) is 3.04. The van der Waals surface area contributed by atoms with Crippen LogP contribution in [0, 0.1) is 5.41 Å². The molecule has 0 radical (unpaired) electrons. The number of phenolic OH excluding ortho intramolecular Hbond substituents is 2. The van der Waals surface area contributed by atoms with Crippen molar-refractivity contribution in [2.45, 2.75) is 40.0 Å². The number of phenols is 2. The monoisotopic (exact) mass is 396 g/mol. The van der Waals surface area contributed by atoms with E-state index in [0.29, 0.717) is 28.5 Å². The van der Waals surface area contributed by atoms with E-state index in [2.05, 4.69) is 32.9 Å². The average Bonchev–Trinajstić information content (AvgIpc) is 2.67. The molecule has 1 aliphatic rings. The van der Waals surface area contributed by atoms with Gasteiger partial charge in [-0.2, -0.15) is 0 Å². The van der Waals surface area contributed by atoms with Crippen molar-refractivity contribution in [3.63, 3.8) is 0 Å². The third-order valence-electron chi connectivity index (χ3n) is 5.61. The fraction of sp³-hybridized carbons (Fsp3) is 0.375. The fourth-order valence-electron chi connectivity index (χ4n) is 4.01. The van der Waals surface area contributed by atoms with E-state index in [4.69, 9.17) is 9.47 Å². The Balaban J connectivity index is 2.19. The van der Waals surface area contributed by atoms with Gasteiger partial charge in [-0.25, -0.2) is 4.79 Å². The van der Waals surface area contributed by atoms with E-state index < -0.39 is 5.97 Å². The van der Waals surface area contributed by atoms with Crippen LogP contribution in [0.3, 0.4) is 0 Å². The summed E-state index contributed by atoms with van der Waals surface area (Å²) in [4.78, 5) is 12.1. The third kappa shape index (κ3) is 3.82. The molecule has 5 nitrogen and oxygen atoms in total. The fourth-order valence-corrected chi connectivity index (χ4v) is 4.01. The number of fused-ring (bicyclic) bond motifs is 3. The van der Waals surface area contributed by atoms with Gasteiger partial charge in [0.25, 0.3) is 0 Å². The lowest BCUT2D eigenvalue weighted by Gasteiger charge is -2.31. The highest BCUT2D eigenvalue weighted by atomic mass is 16.5. The second kappa shape index (κ2) is 7.82. The minimum absolute atomic E-state index is 0.0371. The molecule has 29 heavy (non-hydrogen) atoms. The third-order valence-corrected chi connectivity index (χ3v) is 5.61. The maximum absolute atomic E-state index is 12.1. The molecular formula is C24H28O5. The predicted molar refractivity (Wildman–Crippen MR) is 115 cm³/mol. The summed E-state index contributed by atoms with van der Waals surface area (Å²) in [5.41, 5.74) is 2.69. The lowest BCUT2D eigenvalue weighted by Crippen LogP contribution is -2.20. The molecule has 0 fully saturated rings. The summed E-state index contributed by atoms with van der Waals surface area (Å²) in [5, 5.41) is 22.7. The Morgan fingerprint density at radius 3 is 2.59 bits per heavy atom. The number of aromatic hydroxyl groups is 2. The number of benzene rings is 2. The zero-order valence-corrected chi connectivity index (χ0v) is 17.6. The highest BCUT2D eigenvalue weighted by Gasteiger charge is 2.30. The summed E-state index contributed by atoms with van der Waals surface area (Å²) in [6.07, 6.45) is 8.82. The Morgan fingerprint density at radius 2 is 1.97 bits per heavy atom. The van der Waals surface area contributed by atoms with Crippen LogP contribution >= 0.6 is 0 Å². The van der Waals surface area contributed by atoms with Crippen LogP contribution in [0.15, 0.2) is 29.9 Å². The maximum Gasteiger partial charge on any atom is 0.341 e. The Kier molecular flexibility index (Phi) is 5.60. The number of hydrogen-bond donors (Lipinski definition) is 2. The number of ether oxygens (including phenoxy) is 2. The van der Waals surface area contributed by atoms with Crippen molar-refractivity contribution >= 4 is 22.8 Å². The van der Waals surface area contributed by atoms with Crippen LogP contribution in [0.1, 0.15) is 55.1 Å². The molecule has 1 aliphatic carbocycles. The van der Waals surface area contributed by atoms with Crippen molar-refractivity contribution in [3.05, 3.63) is 46.5 Å². The number of carbonyl (C=O) groups excluding carboxylic acids is 1. The normalized spacial score (nSPS) is 17.7. The summed E-state index contributed by atoms with van der Waals surface area (Å²) < 4.78 is 10.2. The highest BCUT2D eigenvalue weighted by molar-refractivity contribution is 6.08. The van der Waals surface area contributed by atoms with Crippen LogP contribution in [0.5, 0.6) is 17.2 Å². The lowest BCUT2D eigenvalue weighted by atomic mass is 9.73. The topological polar surface area (TPSA) is 76.0 Å². The van der Waals surface area contributed by atoms with Crippen LogP contribution in [-0.2, 0) is 11.2 Å². The van der Waals surface area contributed by atoms with Crippen LogP contribution in [0.4, 0.5) is 0 Å². The first-order valence-corrected chi connectivity index (χ1v) is 9.70. The molecule has 0 amide bonds. The molecule has 0 bridgehead atoms. The molecule has 0 aromatic heterocycles. The van der Waals surface area contributed by atoms with Gasteiger partial charge >= 0.3 is 5.97 Å². The molecule has 0 aliphatic heterocycles. The summed E-state index contributed by atoms with van der Waals surface area (Å²) in [5.74, 6) is -0.257. The van der Waals surface area contributed by atoms with Crippen molar-refractivity contribution in [2.24, 2.45) is 5.41 Å². The molecule has 2 aromatic carbocycles. The number of allylic oxidation sites excluding steroid dienone is 3. The molecule has 0 saturated heterocycles. The zero-order chi connectivity index (χ0) is 21.3. The van der Waals surface area contributed by atoms with E-state index in [1.54, 1.807) is 6.07 Å². The van der Waals surface area contributed by atoms with Crippen LogP contribution in [0.25, 0.3) is 16.8 Å². The van der Waals surface area contributed by atoms with E-state index >= 15 is 0 Å². The molecule has 3 rings (SSSR count). The van der Waals surface area contributed by atoms with Gasteiger partial charge < -0.3 is 19.7 Å². The Morgan fingerprint density at radius 1 is 1.24 bits per heavy atom. The maximum atomic E-state index is 12.1. The minimum atomic E-state index is -0.643. The Hall–Kier alpha value is -2.95. The first kappa shape index (κ1) is 20.8. The SMILES string of the molecule is COC(=O)c1cc(OC)c2cc(O)c3c(c2c1O)C=CC(C)(CCC=C(C)C)C3. The number of carbonyl (C=O) groups is 1. The second-order valence-electron chi connectivity index (χ2n) is 8.16. The zero-order valence-electron chi connectivity index (χ0n) is 17.6. The van der Waals surface area contributed by atoms with Crippen molar-refractivity contribution in [3.8, 4) is 17.2 Å². The number of rotatable bonds is 5. The first-order valence-electron chi connectivity index (χ1n) is 9.70. The molecule has 2 N–H and O–H groups in total. The molecular weight excluding hydrogens is 368 g/mol. The standard InChI is InChI=1S/C24H28O5/c1-14(2)7-6-9-24(3)10-8-15-18(13-24)19(25)11-16-20(28-4)12-17(23(27)29-5)22(26)21(15)16/h7-8,10-12,25-26H,6,9,13H2,1-5H3. The molecule has 1 atom stereocenters. The van der Waals surface area contributed by atoms with E-state index in [1.165, 1.54) is 25.9 Å². The summed E-state index contributed by atoms with van der Waals surface area (Å²) in [7, 11) is 2.75. The predicted octanol–water partition coefficient (Wildman–Crippen LogP) is 5.37. The Bertz CT molecular complexity index is 1030. The largest absolute Gasteiger partial charge is 0.508 e. The lowest BCUT2D eigenvalue weighted by molar-refractivity contribution is 0.0597. The molecule has 5 heteroatoms. The van der Waals surface area contributed by atoms with E-state index in [9.17, 15) is 15.0 Å². The van der Waals surface area contributed by atoms with E-state index in [-0.39, 0.29) is 22.5 Å². The van der Waals surface area contributed by atoms with Crippen molar-refractivity contribution in [2.75, 3.05) is 14.2 Å². The van der Waals surface area contributed by atoms with E-state index in [1.807, 2.05) is 6.08 Å². The van der Waals surface area contributed by atoms with Gasteiger partial charge in [0.1, 0.15) is 22.8 Å². The molecule has 154 valence electrons. The van der Waals surface area contributed by atoms with Crippen LogP contribution < -0.4 is 4.74 Å². The summed E-state index contributed by atoms with van der Waals surface area (Å²) >= 11 is 0. The van der Waals surface area contributed by atoms with Gasteiger partial charge in [0.15, 0.2) is 0 Å². The number of hydrogen-bond acceptors (Lipinski definition) is 5. The average molecular weight is 396 g/mol. The minimum Gasteiger partial charge on any atom is -0.508 e. The molecule has 2 aromatic rings. The Labute approximate surface area is 171 Å². The molecule has 0 saturated carbocycles. The van der Waals surface area contributed by atoms with E-state index in [0.717, 1.165) is 18.4 Å². The van der Waals surface area contributed by atoms with Crippen molar-refractivity contribution in [1.82, 2.24) is 0 Å². The smallest absolute Gasteiger partial charge is 0.341 e. The molecule has 0 heterocycles. The highest BCUT2D eigenvalue weighted by Crippen LogP contribution is 2.47. The van der Waals surface area contributed by atoms with Crippen LogP contribution in [-0.4, -0.2) is 30.4 Å². The van der Waals surface area contributed by atoms with Gasteiger partial charge in [-0.15, -0.1) is 0 Å². The number of methoxy groups -OCH3 is 2. The van der Waals surface area contributed by atoms with Crippen molar-refractivity contribution in [1.29, 1.82) is 0 Å². The van der Waals surface area contributed by atoms with Crippen molar-refractivity contribution < 1.29 is 24.5 Å². The second-order valence-corrected chi connectivity index (χ2v) is 8.16. The van der Waals surface area contributed by atoms with Gasteiger partial charge in [0, 0.05) is 16.3 Å². The number of esters is 1. The van der Waals surface area contributed by atoms with Crippen LogP contribution in [0.2, 0.25) is 0 Å². The first-order chi connectivity index (χ1) is 13.7. The summed E-state index contributed by atoms with van der Waals surface area (Å²) in [6.45, 7) is 6.34. The quantitative estimate of drug-likeness (QED) is 0.525. The van der Waals surface area contributed by atoms with Gasteiger partial charge in [-0.1, -0.05) is 30.7 Å². The van der Waals surface area contributed by atoms with Gasteiger partial charge in [-0.05, 0) is 56.2 Å². The van der Waals surface area contributed by atoms with Gasteiger partial charge in [0.05, 0.1) is 14.2 Å². The molecule has 0 spiro atoms. The van der Waals surface area contributed by atoms with Gasteiger partial charge in [-0.3, -0.25) is 0 Å². The van der Waals surface area contributed by atoms with Gasteiger partial charge in [0.2, 0.25) is 0 Å². The molecule has 1 unspecified atom stereocenters.